The van der Waals surface area contributed by atoms with Gasteiger partial charge < -0.3 is 18.9 Å². The molecule has 41 heavy (non-hydrogen) atoms. The zero-order chi connectivity index (χ0) is 29.8. The molecular weight excluding hydrogens is 589 g/mol. The number of rotatable bonds is 14. The molecular formula is C26H30N6O6S3. The normalized spacial score (nSPS) is 12.6. The molecule has 2 aromatic carbocycles. The number of methoxy groups -OCH3 is 4. The fourth-order valence-corrected chi connectivity index (χ4v) is 6.54. The van der Waals surface area contributed by atoms with E-state index in [-0.39, 0.29) is 11.8 Å². The summed E-state index contributed by atoms with van der Waals surface area (Å²) in [6.07, 6.45) is 2.97. The molecule has 12 nitrogen and oxygen atoms in total. The summed E-state index contributed by atoms with van der Waals surface area (Å²) < 4.78 is 22.4. The third kappa shape index (κ3) is 8.83. The number of nitrogens with zero attached hydrogens (tertiary/aromatic N) is 4. The summed E-state index contributed by atoms with van der Waals surface area (Å²) in [5.41, 5.74) is 6.35. The number of hydrogen-bond acceptors (Lipinski definition) is 13. The first-order valence-electron chi connectivity index (χ1n) is 12.1. The Morgan fingerprint density at radius 2 is 1.17 bits per heavy atom. The number of carbonyl (C=O) groups excluding carboxylic acids is 2. The Morgan fingerprint density at radius 3 is 1.54 bits per heavy atom. The smallest absolute Gasteiger partial charge is 0.253 e. The highest BCUT2D eigenvalue weighted by molar-refractivity contribution is 8.04. The number of carbonyl (C=O) groups is 2. The maximum atomic E-state index is 12.5. The Labute approximate surface area is 250 Å². The topological polar surface area (TPSA) is 146 Å². The minimum absolute atomic E-state index is 0.309. The van der Waals surface area contributed by atoms with Crippen molar-refractivity contribution in [2.75, 3.05) is 28.4 Å². The highest BCUT2D eigenvalue weighted by Gasteiger charge is 2.20. The molecule has 2 amide bonds. The summed E-state index contributed by atoms with van der Waals surface area (Å²) >= 11 is 3.77. The van der Waals surface area contributed by atoms with Crippen molar-refractivity contribution in [3.63, 3.8) is 0 Å². The molecule has 2 atom stereocenters. The van der Waals surface area contributed by atoms with Crippen molar-refractivity contribution in [1.82, 2.24) is 21.0 Å². The Hall–Kier alpha value is -3.82. The molecule has 0 aliphatic heterocycles. The number of hydrazone groups is 2. The molecule has 2 N–H and O–H groups in total. The van der Waals surface area contributed by atoms with Crippen LogP contribution in [0, 0.1) is 0 Å². The molecule has 1 aromatic heterocycles. The lowest BCUT2D eigenvalue weighted by atomic mass is 10.2. The lowest BCUT2D eigenvalue weighted by Gasteiger charge is -2.10. The second-order valence-corrected chi connectivity index (χ2v) is 12.1. The van der Waals surface area contributed by atoms with Crippen molar-refractivity contribution >= 4 is 59.1 Å². The van der Waals surface area contributed by atoms with Gasteiger partial charge in [0.05, 0.1) is 51.4 Å². The van der Waals surface area contributed by atoms with Gasteiger partial charge in [0.25, 0.3) is 11.8 Å². The van der Waals surface area contributed by atoms with Crippen molar-refractivity contribution in [3.8, 4) is 23.0 Å². The van der Waals surface area contributed by atoms with E-state index < -0.39 is 10.5 Å². The average molecular weight is 619 g/mol. The van der Waals surface area contributed by atoms with E-state index in [4.69, 9.17) is 18.9 Å². The summed E-state index contributed by atoms with van der Waals surface area (Å²) in [6, 6.07) is 10.7. The average Bonchev–Trinajstić information content (AvgIpc) is 3.42. The molecule has 0 fully saturated rings. The SMILES string of the molecule is COc1cccc(C=NNC(=O)C(C)Sc2nnc(SC(C)C(=O)NN=Cc3cccc(OC)c3OC)s2)c1OC. The molecule has 0 saturated heterocycles. The van der Waals surface area contributed by atoms with Crippen LogP contribution >= 0.6 is 34.9 Å². The van der Waals surface area contributed by atoms with Crippen molar-refractivity contribution < 1.29 is 28.5 Å². The maximum Gasteiger partial charge on any atom is 0.253 e. The van der Waals surface area contributed by atoms with E-state index in [1.807, 2.05) is 0 Å². The molecule has 0 saturated carbocycles. The Bertz CT molecular complexity index is 1300. The van der Waals surface area contributed by atoms with Crippen molar-refractivity contribution in [1.29, 1.82) is 0 Å². The summed E-state index contributed by atoms with van der Waals surface area (Å²) in [5.74, 6) is 1.53. The van der Waals surface area contributed by atoms with E-state index >= 15 is 0 Å². The minimum Gasteiger partial charge on any atom is -0.493 e. The third-order valence-electron chi connectivity index (χ3n) is 5.31. The van der Waals surface area contributed by atoms with E-state index in [2.05, 4.69) is 31.3 Å². The number of benzene rings is 2. The Kier molecular flexibility index (Phi) is 12.2. The number of aromatic nitrogens is 2. The van der Waals surface area contributed by atoms with Crippen molar-refractivity contribution in [2.45, 2.75) is 33.0 Å². The number of para-hydroxylation sites is 2. The van der Waals surface area contributed by atoms with E-state index in [1.165, 1.54) is 61.5 Å². The zero-order valence-corrected chi connectivity index (χ0v) is 25.7. The van der Waals surface area contributed by atoms with Crippen LogP contribution in [0.1, 0.15) is 25.0 Å². The van der Waals surface area contributed by atoms with Gasteiger partial charge >= 0.3 is 0 Å². The first-order chi connectivity index (χ1) is 19.8. The largest absolute Gasteiger partial charge is 0.493 e. The number of ether oxygens (including phenoxy) is 4. The molecule has 1 heterocycles. The van der Waals surface area contributed by atoms with Gasteiger partial charge in [-0.05, 0) is 38.1 Å². The quantitative estimate of drug-likeness (QED) is 0.155. The van der Waals surface area contributed by atoms with Crippen LogP contribution < -0.4 is 29.8 Å². The molecule has 3 aromatic rings. The first-order valence-corrected chi connectivity index (χ1v) is 14.6. The van der Waals surface area contributed by atoms with Gasteiger partial charge in [0, 0.05) is 11.1 Å². The lowest BCUT2D eigenvalue weighted by Crippen LogP contribution is -2.26. The van der Waals surface area contributed by atoms with Gasteiger partial charge in [-0.25, -0.2) is 10.9 Å². The molecule has 0 bridgehead atoms. The third-order valence-corrected chi connectivity index (χ3v) is 8.60. The van der Waals surface area contributed by atoms with Gasteiger partial charge in [0.15, 0.2) is 31.7 Å². The maximum absolute atomic E-state index is 12.5. The molecule has 218 valence electrons. The van der Waals surface area contributed by atoms with E-state index in [0.717, 1.165) is 0 Å². The van der Waals surface area contributed by atoms with Gasteiger partial charge in [0.1, 0.15) is 0 Å². The molecule has 3 rings (SSSR count). The molecule has 0 aliphatic rings. The van der Waals surface area contributed by atoms with Crippen LogP contribution in [-0.2, 0) is 9.59 Å². The van der Waals surface area contributed by atoms with Crippen LogP contribution in [0.15, 0.2) is 55.3 Å². The van der Waals surface area contributed by atoms with Crippen LogP contribution in [0.3, 0.4) is 0 Å². The van der Waals surface area contributed by atoms with E-state index in [1.54, 1.807) is 64.5 Å². The van der Waals surface area contributed by atoms with Crippen LogP contribution in [0.4, 0.5) is 0 Å². The van der Waals surface area contributed by atoms with Gasteiger partial charge in [0.2, 0.25) is 0 Å². The summed E-state index contributed by atoms with van der Waals surface area (Å²) in [4.78, 5) is 25.1. The molecule has 15 heteroatoms. The van der Waals surface area contributed by atoms with Gasteiger partial charge in [-0.3, -0.25) is 9.59 Å². The van der Waals surface area contributed by atoms with E-state index in [9.17, 15) is 9.59 Å². The van der Waals surface area contributed by atoms with Crippen LogP contribution in [0.2, 0.25) is 0 Å². The summed E-state index contributed by atoms with van der Waals surface area (Å²) in [7, 11) is 6.15. The van der Waals surface area contributed by atoms with Crippen molar-refractivity contribution in [3.05, 3.63) is 47.5 Å². The fraction of sp³-hybridized carbons (Fsp3) is 0.308. The molecule has 2 unspecified atom stereocenters. The zero-order valence-electron chi connectivity index (χ0n) is 23.2. The highest BCUT2D eigenvalue weighted by Crippen LogP contribution is 2.33. The minimum atomic E-state index is -0.492. The monoisotopic (exact) mass is 618 g/mol. The first kappa shape index (κ1) is 31.7. The number of thioether (sulfide) groups is 2. The molecule has 0 aliphatic carbocycles. The lowest BCUT2D eigenvalue weighted by molar-refractivity contribution is -0.121. The fourth-order valence-electron chi connectivity index (χ4n) is 3.24. The van der Waals surface area contributed by atoms with Gasteiger partial charge in [-0.15, -0.1) is 10.2 Å². The number of hydrogen-bond donors (Lipinski definition) is 2. The van der Waals surface area contributed by atoms with Gasteiger partial charge in [-0.1, -0.05) is 47.0 Å². The highest BCUT2D eigenvalue weighted by atomic mass is 32.2. The Balaban J connectivity index is 1.49. The molecule has 0 radical (unpaired) electrons. The molecule has 0 spiro atoms. The predicted molar refractivity (Wildman–Crippen MR) is 161 cm³/mol. The van der Waals surface area contributed by atoms with Crippen molar-refractivity contribution in [2.24, 2.45) is 10.2 Å². The Morgan fingerprint density at radius 1 is 0.756 bits per heavy atom. The second kappa shape index (κ2) is 15.8. The van der Waals surface area contributed by atoms with Crippen LogP contribution in [0.25, 0.3) is 0 Å². The number of amides is 2. The number of nitrogens with one attached hydrogen (secondary N) is 2. The standard InChI is InChI=1S/C26H30N6O6S3/c1-15(23(33)29-27-13-17-9-7-11-19(35-3)21(17)37-5)39-25-31-32-26(41-25)40-16(2)24(34)30-28-14-18-10-8-12-20(36-4)22(18)38-6/h7-16H,1-6H3,(H,29,33)(H,30,34). The summed E-state index contributed by atoms with van der Waals surface area (Å²) in [6.45, 7) is 3.47. The summed E-state index contributed by atoms with van der Waals surface area (Å²) in [5, 5.41) is 15.4. The van der Waals surface area contributed by atoms with E-state index in [0.29, 0.717) is 42.8 Å². The second-order valence-electron chi connectivity index (χ2n) is 7.99. The van der Waals surface area contributed by atoms with Crippen LogP contribution in [0.5, 0.6) is 23.0 Å². The van der Waals surface area contributed by atoms with Crippen LogP contribution in [-0.4, -0.2) is 73.4 Å². The van der Waals surface area contributed by atoms with Gasteiger partial charge in [-0.2, -0.15) is 10.2 Å². The predicted octanol–water partition coefficient (Wildman–Crippen LogP) is 3.83.